The summed E-state index contributed by atoms with van der Waals surface area (Å²) in [6.45, 7) is 6.21. The number of nitrogens with two attached hydrogens (primary N) is 2. The number of guanidine groups is 1. The second kappa shape index (κ2) is 15.3. The van der Waals surface area contributed by atoms with E-state index in [1.165, 1.54) is 4.90 Å². The largest absolute Gasteiger partial charge is 0.445 e. The molecule has 210 valence electrons. The molecule has 38 heavy (non-hydrogen) atoms. The number of benzene rings is 1. The van der Waals surface area contributed by atoms with Crippen LogP contribution in [0, 0.1) is 11.8 Å². The van der Waals surface area contributed by atoms with Crippen LogP contribution >= 0.6 is 11.6 Å². The van der Waals surface area contributed by atoms with Crippen molar-refractivity contribution in [3.8, 4) is 0 Å². The zero-order valence-corrected chi connectivity index (χ0v) is 23.2. The fraction of sp³-hybridized carbons (Fsp3) is 0.593. The SMILES string of the molecule is CCC(=O)[C@H](CCCN=C(N)N)CC(=O)[C@@H]1CCCN1C(=O)[C@@H](NC(=O)OCc1cccc(Cl)c1)C(C)C. The van der Waals surface area contributed by atoms with Gasteiger partial charge in [-0.15, -0.1) is 0 Å². The van der Waals surface area contributed by atoms with Crippen LogP contribution in [0.1, 0.15) is 64.9 Å². The van der Waals surface area contributed by atoms with Gasteiger partial charge in [-0.25, -0.2) is 4.79 Å². The molecule has 11 heteroatoms. The summed E-state index contributed by atoms with van der Waals surface area (Å²) in [6, 6.07) is 5.46. The molecule has 5 N–H and O–H groups in total. The fourth-order valence-electron chi connectivity index (χ4n) is 4.59. The number of nitrogens with zero attached hydrogens (tertiary/aromatic N) is 2. The van der Waals surface area contributed by atoms with Crippen LogP contribution in [0.5, 0.6) is 0 Å². The van der Waals surface area contributed by atoms with Gasteiger partial charge in [0.2, 0.25) is 5.91 Å². The molecule has 0 aliphatic carbocycles. The summed E-state index contributed by atoms with van der Waals surface area (Å²) in [5.41, 5.74) is 11.4. The first-order valence-corrected chi connectivity index (χ1v) is 13.5. The van der Waals surface area contributed by atoms with Gasteiger partial charge < -0.3 is 26.4 Å². The van der Waals surface area contributed by atoms with Gasteiger partial charge in [-0.1, -0.05) is 44.5 Å². The maximum Gasteiger partial charge on any atom is 0.408 e. The third-order valence-electron chi connectivity index (χ3n) is 6.63. The molecule has 0 unspecified atom stereocenters. The molecule has 0 aromatic heterocycles. The second-order valence-corrected chi connectivity index (χ2v) is 10.3. The van der Waals surface area contributed by atoms with Gasteiger partial charge in [0.25, 0.3) is 0 Å². The van der Waals surface area contributed by atoms with Gasteiger partial charge in [-0.2, -0.15) is 0 Å². The van der Waals surface area contributed by atoms with Gasteiger partial charge in [0.15, 0.2) is 11.7 Å². The lowest BCUT2D eigenvalue weighted by Crippen LogP contribution is -2.54. The highest BCUT2D eigenvalue weighted by molar-refractivity contribution is 6.30. The number of aliphatic imine (C=N–C) groups is 1. The van der Waals surface area contributed by atoms with E-state index < -0.39 is 24.1 Å². The van der Waals surface area contributed by atoms with Crippen LogP contribution in [-0.4, -0.2) is 59.6 Å². The summed E-state index contributed by atoms with van der Waals surface area (Å²) >= 11 is 5.97. The number of nitrogens with one attached hydrogen (secondary N) is 1. The highest BCUT2D eigenvalue weighted by Gasteiger charge is 2.39. The standard InChI is InChI=1S/C27H40ClN5O5/c1-4-22(34)19(9-6-12-31-26(29)30)15-23(35)21-11-7-13-33(21)25(36)24(17(2)3)32-27(37)38-16-18-8-5-10-20(28)14-18/h5,8,10,14,17,19,21,24H,4,6-7,9,11-13,15-16H2,1-3H3,(H,32,37)(H4,29,30,31)/t19-,21+,24+/m1/s1. The Morgan fingerprint density at radius 3 is 2.61 bits per heavy atom. The molecule has 0 spiro atoms. The third kappa shape index (κ3) is 9.63. The van der Waals surface area contributed by atoms with E-state index in [1.54, 1.807) is 31.2 Å². The fourth-order valence-corrected chi connectivity index (χ4v) is 4.80. The van der Waals surface area contributed by atoms with Crippen LogP contribution in [0.25, 0.3) is 0 Å². The molecule has 2 rings (SSSR count). The molecular formula is C27H40ClN5O5. The molecule has 1 heterocycles. The Balaban J connectivity index is 2.02. The summed E-state index contributed by atoms with van der Waals surface area (Å²) in [4.78, 5) is 57.3. The van der Waals surface area contributed by atoms with E-state index in [4.69, 9.17) is 27.8 Å². The summed E-state index contributed by atoms with van der Waals surface area (Å²) in [5.74, 6) is -1.16. The van der Waals surface area contributed by atoms with Crippen molar-refractivity contribution >= 4 is 41.1 Å². The van der Waals surface area contributed by atoms with Crippen molar-refractivity contribution in [1.29, 1.82) is 0 Å². The molecule has 0 radical (unpaired) electrons. The Morgan fingerprint density at radius 2 is 1.97 bits per heavy atom. The number of hydrogen-bond donors (Lipinski definition) is 3. The van der Waals surface area contributed by atoms with Crippen molar-refractivity contribution in [3.05, 3.63) is 34.9 Å². The van der Waals surface area contributed by atoms with Gasteiger partial charge in [0, 0.05) is 36.9 Å². The number of alkyl carbamates (subject to hydrolysis) is 1. The monoisotopic (exact) mass is 549 g/mol. The van der Waals surface area contributed by atoms with Crippen LogP contribution in [-0.2, 0) is 25.7 Å². The molecule has 0 saturated carbocycles. The van der Waals surface area contributed by atoms with Crippen LogP contribution in [0.4, 0.5) is 4.79 Å². The molecule has 1 saturated heterocycles. The van der Waals surface area contributed by atoms with Crippen molar-refractivity contribution in [1.82, 2.24) is 10.2 Å². The molecule has 1 aromatic carbocycles. The number of likely N-dealkylation sites (tertiary alicyclic amines) is 1. The Bertz CT molecular complexity index is 1010. The van der Waals surface area contributed by atoms with Crippen molar-refractivity contribution in [2.45, 2.75) is 78.0 Å². The zero-order valence-electron chi connectivity index (χ0n) is 22.5. The number of hydrogen-bond acceptors (Lipinski definition) is 6. The van der Waals surface area contributed by atoms with E-state index in [0.717, 1.165) is 5.56 Å². The Labute approximate surface area is 229 Å². The number of halogens is 1. The van der Waals surface area contributed by atoms with E-state index >= 15 is 0 Å². The second-order valence-electron chi connectivity index (χ2n) is 9.90. The summed E-state index contributed by atoms with van der Waals surface area (Å²) in [6.07, 6.45) is 1.91. The van der Waals surface area contributed by atoms with Crippen molar-refractivity contribution in [3.63, 3.8) is 0 Å². The number of ether oxygens (including phenoxy) is 1. The predicted octanol–water partition coefficient (Wildman–Crippen LogP) is 3.19. The molecule has 1 fully saturated rings. The summed E-state index contributed by atoms with van der Waals surface area (Å²) < 4.78 is 5.29. The highest BCUT2D eigenvalue weighted by atomic mass is 35.5. The number of ketones is 2. The Hall–Kier alpha value is -3.14. The lowest BCUT2D eigenvalue weighted by molar-refractivity contribution is -0.140. The van der Waals surface area contributed by atoms with Gasteiger partial charge >= 0.3 is 6.09 Å². The first-order chi connectivity index (χ1) is 18.0. The molecule has 1 aromatic rings. The lowest BCUT2D eigenvalue weighted by Gasteiger charge is -2.30. The van der Waals surface area contributed by atoms with Crippen molar-refractivity contribution in [2.75, 3.05) is 13.1 Å². The van der Waals surface area contributed by atoms with Crippen LogP contribution < -0.4 is 16.8 Å². The van der Waals surface area contributed by atoms with Gasteiger partial charge in [0.1, 0.15) is 18.4 Å². The van der Waals surface area contributed by atoms with Gasteiger partial charge in [-0.3, -0.25) is 19.4 Å². The predicted molar refractivity (Wildman–Crippen MR) is 146 cm³/mol. The maximum atomic E-state index is 13.5. The molecule has 10 nitrogen and oxygen atoms in total. The molecule has 1 aliphatic heterocycles. The van der Waals surface area contributed by atoms with E-state index in [0.29, 0.717) is 50.2 Å². The first kappa shape index (κ1) is 31.1. The third-order valence-corrected chi connectivity index (χ3v) is 6.86. The summed E-state index contributed by atoms with van der Waals surface area (Å²) in [7, 11) is 0. The van der Waals surface area contributed by atoms with Crippen LogP contribution in [0.3, 0.4) is 0 Å². The summed E-state index contributed by atoms with van der Waals surface area (Å²) in [5, 5.41) is 3.20. The average molecular weight is 550 g/mol. The molecule has 1 aliphatic rings. The smallest absolute Gasteiger partial charge is 0.408 e. The minimum atomic E-state index is -0.858. The minimum absolute atomic E-state index is 0.00287. The normalized spacial score (nSPS) is 16.6. The van der Waals surface area contributed by atoms with E-state index in [-0.39, 0.29) is 42.4 Å². The highest BCUT2D eigenvalue weighted by Crippen LogP contribution is 2.25. The zero-order chi connectivity index (χ0) is 28.2. The quantitative estimate of drug-likeness (QED) is 0.183. The number of amides is 2. The number of carbonyl (C=O) groups is 4. The van der Waals surface area contributed by atoms with Crippen molar-refractivity contribution in [2.24, 2.45) is 28.3 Å². The lowest BCUT2D eigenvalue weighted by atomic mass is 9.89. The number of Topliss-reactive ketones (excluding diaryl/α,β-unsaturated/α-hetero) is 2. The van der Waals surface area contributed by atoms with Gasteiger partial charge in [-0.05, 0) is 49.3 Å². The molecule has 2 amide bonds. The van der Waals surface area contributed by atoms with Crippen molar-refractivity contribution < 1.29 is 23.9 Å². The topological polar surface area (TPSA) is 157 Å². The number of carbonyl (C=O) groups excluding carboxylic acids is 4. The Morgan fingerprint density at radius 1 is 1.24 bits per heavy atom. The van der Waals surface area contributed by atoms with Crippen LogP contribution in [0.15, 0.2) is 29.3 Å². The Kier molecular flexibility index (Phi) is 12.5. The number of rotatable bonds is 14. The van der Waals surface area contributed by atoms with E-state index in [1.807, 2.05) is 13.8 Å². The maximum absolute atomic E-state index is 13.5. The molecule has 3 atom stereocenters. The van der Waals surface area contributed by atoms with E-state index in [9.17, 15) is 19.2 Å². The van der Waals surface area contributed by atoms with Gasteiger partial charge in [0.05, 0.1) is 6.04 Å². The molecular weight excluding hydrogens is 510 g/mol. The first-order valence-electron chi connectivity index (χ1n) is 13.1. The average Bonchev–Trinajstić information content (AvgIpc) is 3.37. The molecule has 0 bridgehead atoms. The minimum Gasteiger partial charge on any atom is -0.445 e. The van der Waals surface area contributed by atoms with E-state index in [2.05, 4.69) is 10.3 Å². The van der Waals surface area contributed by atoms with Crippen LogP contribution in [0.2, 0.25) is 5.02 Å².